The highest BCUT2D eigenvalue weighted by Crippen LogP contribution is 2.20. The molecule has 0 unspecified atom stereocenters. The van der Waals surface area contributed by atoms with E-state index in [2.05, 4.69) is 57.5 Å². The molecule has 0 aliphatic carbocycles. The van der Waals surface area contributed by atoms with Crippen LogP contribution in [0, 0.1) is 39.3 Å². The van der Waals surface area contributed by atoms with Gasteiger partial charge < -0.3 is 14.7 Å². The van der Waals surface area contributed by atoms with Crippen molar-refractivity contribution in [3.8, 4) is 0 Å². The van der Waals surface area contributed by atoms with Crippen molar-refractivity contribution in [2.75, 3.05) is 32.5 Å². The number of aryl methyl sites for hydroxylation is 4. The van der Waals surface area contributed by atoms with Crippen LogP contribution in [0.3, 0.4) is 0 Å². The number of nitrogens with zero attached hydrogens (tertiary/aromatic N) is 2. The number of carbonyl (C=O) groups is 1. The summed E-state index contributed by atoms with van der Waals surface area (Å²) < 4.78 is 29.2. The molecule has 0 spiro atoms. The van der Waals surface area contributed by atoms with Gasteiger partial charge in [-0.05, 0) is 58.2 Å². The van der Waals surface area contributed by atoms with Crippen LogP contribution in [0.15, 0.2) is 54.6 Å². The smallest absolute Gasteiger partial charge is 0.322 e. The summed E-state index contributed by atoms with van der Waals surface area (Å²) in [6.45, 7) is 11.0. The Bertz CT molecular complexity index is 1180. The van der Waals surface area contributed by atoms with Crippen LogP contribution in [0.2, 0.25) is 0 Å². The van der Waals surface area contributed by atoms with E-state index in [0.717, 1.165) is 59.2 Å². The summed E-state index contributed by atoms with van der Waals surface area (Å²) in [5.74, 6) is -1.57. The number of anilines is 1. The van der Waals surface area contributed by atoms with Crippen LogP contribution >= 0.6 is 0 Å². The van der Waals surface area contributed by atoms with E-state index >= 15 is 0 Å². The molecule has 2 amide bonds. The third kappa shape index (κ3) is 8.67. The lowest BCUT2D eigenvalue weighted by atomic mass is 10.1. The van der Waals surface area contributed by atoms with Gasteiger partial charge in [0.15, 0.2) is 0 Å². The minimum atomic E-state index is -0.787. The molecule has 0 radical (unpaired) electrons. The van der Waals surface area contributed by atoms with Crippen LogP contribution in [-0.4, -0.2) is 42.6 Å². The second kappa shape index (κ2) is 12.3. The monoisotopic (exact) mass is 508 g/mol. The average molecular weight is 509 g/mol. The summed E-state index contributed by atoms with van der Waals surface area (Å²) in [5.41, 5.74) is 6.67. The summed E-state index contributed by atoms with van der Waals surface area (Å²) in [5, 5.41) is 2.46. The second-order valence-electron chi connectivity index (χ2n) is 11.0. The number of benzene rings is 3. The number of carbonyl (C=O) groups excluding carboxylic acids is 1. The van der Waals surface area contributed by atoms with Gasteiger partial charge in [-0.15, -0.1) is 0 Å². The first-order chi connectivity index (χ1) is 17.4. The molecule has 3 aromatic carbocycles. The van der Waals surface area contributed by atoms with Gasteiger partial charge in [0.05, 0.1) is 20.6 Å². The molecule has 3 aromatic rings. The number of para-hydroxylation sites is 1. The number of halogens is 2. The molecular formula is C31H40F2N3O+. The van der Waals surface area contributed by atoms with Crippen LogP contribution < -0.4 is 5.32 Å². The van der Waals surface area contributed by atoms with Gasteiger partial charge in [0.25, 0.3) is 0 Å². The number of urea groups is 1. The Morgan fingerprint density at radius 2 is 1.32 bits per heavy atom. The lowest BCUT2D eigenvalue weighted by Gasteiger charge is -2.31. The Labute approximate surface area is 220 Å². The molecule has 0 aliphatic heterocycles. The fourth-order valence-electron chi connectivity index (χ4n) is 5.01. The lowest BCUT2D eigenvalue weighted by molar-refractivity contribution is -0.903. The van der Waals surface area contributed by atoms with Crippen molar-refractivity contribution in [2.45, 2.75) is 53.6 Å². The normalized spacial score (nSPS) is 11.5. The van der Waals surface area contributed by atoms with Crippen molar-refractivity contribution in [3.05, 3.63) is 99.6 Å². The number of hydrogen-bond acceptors (Lipinski definition) is 1. The first-order valence-electron chi connectivity index (χ1n) is 12.9. The van der Waals surface area contributed by atoms with E-state index < -0.39 is 23.4 Å². The van der Waals surface area contributed by atoms with Gasteiger partial charge in [-0.25, -0.2) is 13.6 Å². The molecule has 1 N–H and O–H groups in total. The first kappa shape index (κ1) is 28.3. The molecule has 198 valence electrons. The van der Waals surface area contributed by atoms with Crippen LogP contribution in [0.4, 0.5) is 19.3 Å². The van der Waals surface area contributed by atoms with E-state index in [9.17, 15) is 13.6 Å². The molecule has 0 bridgehead atoms. The van der Waals surface area contributed by atoms with Crippen LogP contribution in [0.25, 0.3) is 0 Å². The third-order valence-corrected chi connectivity index (χ3v) is 6.47. The number of hydrogen-bond donors (Lipinski definition) is 1. The molecule has 6 heteroatoms. The van der Waals surface area contributed by atoms with Crippen molar-refractivity contribution in [1.82, 2.24) is 4.90 Å². The summed E-state index contributed by atoms with van der Waals surface area (Å²) in [6, 6.07) is 15.9. The predicted molar refractivity (Wildman–Crippen MR) is 148 cm³/mol. The van der Waals surface area contributed by atoms with Gasteiger partial charge in [0.2, 0.25) is 0 Å². The SMILES string of the molecule is Cc1cc(C)cc(CN(CCCC[N+](C)(C)Cc2cc(C)cc(C)c2)C(=O)Nc2c(F)cccc2F)c1. The summed E-state index contributed by atoms with van der Waals surface area (Å²) in [4.78, 5) is 14.8. The molecule has 0 aliphatic rings. The largest absolute Gasteiger partial charge is 0.325 e. The Balaban J connectivity index is 1.66. The van der Waals surface area contributed by atoms with E-state index in [1.54, 1.807) is 4.90 Å². The molecule has 4 nitrogen and oxygen atoms in total. The number of unbranched alkanes of at least 4 members (excludes halogenated alkanes) is 1. The quantitative estimate of drug-likeness (QED) is 0.226. The minimum Gasteiger partial charge on any atom is -0.325 e. The second-order valence-corrected chi connectivity index (χ2v) is 11.0. The molecule has 0 fully saturated rings. The number of nitrogens with one attached hydrogen (secondary N) is 1. The van der Waals surface area contributed by atoms with E-state index in [1.165, 1.54) is 22.8 Å². The maximum Gasteiger partial charge on any atom is 0.322 e. The molecule has 0 aromatic heterocycles. The highest BCUT2D eigenvalue weighted by molar-refractivity contribution is 5.89. The molecule has 0 heterocycles. The van der Waals surface area contributed by atoms with Gasteiger partial charge in [-0.3, -0.25) is 0 Å². The Morgan fingerprint density at radius 1 is 0.811 bits per heavy atom. The Morgan fingerprint density at radius 3 is 1.86 bits per heavy atom. The average Bonchev–Trinajstić information content (AvgIpc) is 2.76. The highest BCUT2D eigenvalue weighted by Gasteiger charge is 2.20. The predicted octanol–water partition coefficient (Wildman–Crippen LogP) is 7.29. The zero-order valence-electron chi connectivity index (χ0n) is 23.0. The zero-order chi connectivity index (χ0) is 27.2. The van der Waals surface area contributed by atoms with Crippen LogP contribution in [0.1, 0.15) is 46.2 Å². The third-order valence-electron chi connectivity index (χ3n) is 6.47. The van der Waals surface area contributed by atoms with Crippen molar-refractivity contribution >= 4 is 11.7 Å². The molecule has 0 saturated heterocycles. The number of amides is 2. The molecular weight excluding hydrogens is 468 g/mol. The van der Waals surface area contributed by atoms with E-state index in [1.807, 2.05) is 26.0 Å². The summed E-state index contributed by atoms with van der Waals surface area (Å²) in [7, 11) is 4.44. The van der Waals surface area contributed by atoms with Gasteiger partial charge in [-0.1, -0.05) is 64.7 Å². The fourth-order valence-corrected chi connectivity index (χ4v) is 5.01. The van der Waals surface area contributed by atoms with E-state index in [-0.39, 0.29) is 0 Å². The maximum atomic E-state index is 14.2. The van der Waals surface area contributed by atoms with Crippen LogP contribution in [0.5, 0.6) is 0 Å². The topological polar surface area (TPSA) is 32.3 Å². The van der Waals surface area contributed by atoms with Gasteiger partial charge in [0, 0.05) is 18.7 Å². The van der Waals surface area contributed by atoms with Crippen LogP contribution in [-0.2, 0) is 13.1 Å². The summed E-state index contributed by atoms with van der Waals surface area (Å²) >= 11 is 0. The standard InChI is InChI=1S/C31H39F2N3O/c1-22-14-23(2)17-26(16-22)20-35(31(37)34-30-28(32)10-9-11-29(30)33)12-7-8-13-36(5,6)21-27-18-24(3)15-25(4)19-27/h9-11,14-19H,7-8,12-13,20-21H2,1-6H3/p+1. The molecule has 37 heavy (non-hydrogen) atoms. The minimum absolute atomic E-state index is 0.366. The molecule has 0 saturated carbocycles. The first-order valence-corrected chi connectivity index (χ1v) is 12.9. The van der Waals surface area contributed by atoms with Gasteiger partial charge in [-0.2, -0.15) is 0 Å². The Hall–Kier alpha value is -3.25. The fraction of sp³-hybridized carbons (Fsp3) is 0.387. The number of quaternary nitrogens is 1. The molecule has 3 rings (SSSR count). The van der Waals surface area contributed by atoms with Crippen molar-refractivity contribution in [2.24, 2.45) is 0 Å². The Kier molecular flexibility index (Phi) is 9.44. The van der Waals surface area contributed by atoms with Crippen molar-refractivity contribution in [3.63, 3.8) is 0 Å². The zero-order valence-corrected chi connectivity index (χ0v) is 23.0. The number of rotatable bonds is 10. The lowest BCUT2D eigenvalue weighted by Crippen LogP contribution is -2.40. The van der Waals surface area contributed by atoms with E-state index in [4.69, 9.17) is 0 Å². The highest BCUT2D eigenvalue weighted by atomic mass is 19.1. The maximum absolute atomic E-state index is 14.2. The van der Waals surface area contributed by atoms with E-state index in [0.29, 0.717) is 13.1 Å². The van der Waals surface area contributed by atoms with Gasteiger partial charge in [0.1, 0.15) is 23.9 Å². The van der Waals surface area contributed by atoms with Gasteiger partial charge >= 0.3 is 6.03 Å². The molecule has 0 atom stereocenters. The van der Waals surface area contributed by atoms with Crippen molar-refractivity contribution in [1.29, 1.82) is 0 Å². The summed E-state index contributed by atoms with van der Waals surface area (Å²) in [6.07, 6.45) is 1.70. The van der Waals surface area contributed by atoms with Crippen molar-refractivity contribution < 1.29 is 18.1 Å².